The molecule has 6 atom stereocenters. The summed E-state index contributed by atoms with van der Waals surface area (Å²) in [6.45, 7) is 7.78. The van der Waals surface area contributed by atoms with Crippen LogP contribution < -0.4 is 5.56 Å². The van der Waals surface area contributed by atoms with E-state index in [1.54, 1.807) is 20.8 Å². The molecule has 0 bridgehead atoms. The Morgan fingerprint density at radius 3 is 2.34 bits per heavy atom. The SMILES string of the molecule is C#Cc1[nH]c(=O)c(C)nc1C1OC(CC(CC)(CC)OP(=O)(O)C(C)(O)CC)C(O)C1O. The number of nitrogens with zero attached hydrogens (tertiary/aromatic N) is 1. The summed E-state index contributed by atoms with van der Waals surface area (Å²) in [5, 5.41) is 29.7. The molecule has 1 aliphatic rings. The summed E-state index contributed by atoms with van der Waals surface area (Å²) in [5.41, 5.74) is -1.43. The number of rotatable bonds is 9. The Hall–Kier alpha value is -1.57. The summed E-state index contributed by atoms with van der Waals surface area (Å²) in [6, 6.07) is 0. The molecule has 5 N–H and O–H groups in total. The molecule has 1 aliphatic heterocycles. The van der Waals surface area contributed by atoms with E-state index >= 15 is 0 Å². The highest BCUT2D eigenvalue weighted by molar-refractivity contribution is 7.54. The lowest BCUT2D eigenvalue weighted by molar-refractivity contribution is -0.0624. The fourth-order valence-corrected chi connectivity index (χ4v) is 5.10. The van der Waals surface area contributed by atoms with Gasteiger partial charge >= 0.3 is 7.60 Å². The molecule has 1 fully saturated rings. The van der Waals surface area contributed by atoms with Gasteiger partial charge in [-0.15, -0.1) is 6.42 Å². The van der Waals surface area contributed by atoms with Gasteiger partial charge in [0.1, 0.15) is 35.4 Å². The Labute approximate surface area is 187 Å². The van der Waals surface area contributed by atoms with Gasteiger partial charge in [-0.3, -0.25) is 13.9 Å². The van der Waals surface area contributed by atoms with E-state index in [1.165, 1.54) is 13.8 Å². The average Bonchev–Trinajstić information content (AvgIpc) is 3.02. The number of aryl methyl sites for hydroxylation is 1. The number of aromatic nitrogens is 2. The normalized spacial score (nSPS) is 27.5. The van der Waals surface area contributed by atoms with E-state index in [9.17, 15) is 29.6 Å². The lowest BCUT2D eigenvalue weighted by atomic mass is 9.88. The van der Waals surface area contributed by atoms with Crippen molar-refractivity contribution in [1.82, 2.24) is 9.97 Å². The third kappa shape index (κ3) is 5.00. The van der Waals surface area contributed by atoms with Gasteiger partial charge in [-0.1, -0.05) is 26.7 Å². The Balaban J connectivity index is 2.36. The first-order valence-corrected chi connectivity index (χ1v) is 12.2. The third-order valence-corrected chi connectivity index (χ3v) is 8.51. The van der Waals surface area contributed by atoms with Crippen molar-refractivity contribution in [3.63, 3.8) is 0 Å². The monoisotopic (exact) mass is 472 g/mol. The molecule has 32 heavy (non-hydrogen) atoms. The van der Waals surface area contributed by atoms with Gasteiger partial charge in [0.25, 0.3) is 5.56 Å². The van der Waals surface area contributed by atoms with Crippen LogP contribution in [-0.2, 0) is 13.8 Å². The minimum Gasteiger partial charge on any atom is -0.388 e. The minimum absolute atomic E-state index is 0.000274. The van der Waals surface area contributed by atoms with Gasteiger partial charge in [0.2, 0.25) is 0 Å². The molecule has 1 aromatic rings. The van der Waals surface area contributed by atoms with Crippen LogP contribution in [0.4, 0.5) is 0 Å². The number of aliphatic hydroxyl groups excluding tert-OH is 2. The highest BCUT2D eigenvalue weighted by Crippen LogP contribution is 2.59. The van der Waals surface area contributed by atoms with Crippen molar-refractivity contribution < 1.29 is 34.0 Å². The Kier molecular flexibility index (Phi) is 8.12. The largest absolute Gasteiger partial charge is 0.388 e. The molecular formula is C21H33N2O8P. The second-order valence-electron chi connectivity index (χ2n) is 8.41. The molecule has 11 heteroatoms. The molecule has 0 radical (unpaired) electrons. The fraction of sp³-hybridized carbons (Fsp3) is 0.714. The molecule has 0 saturated carbocycles. The summed E-state index contributed by atoms with van der Waals surface area (Å²) < 4.78 is 24.4. The summed E-state index contributed by atoms with van der Waals surface area (Å²) >= 11 is 0. The molecule has 0 aromatic carbocycles. The van der Waals surface area contributed by atoms with Crippen LogP contribution in [0.1, 0.15) is 76.6 Å². The number of aliphatic hydroxyl groups is 3. The molecular weight excluding hydrogens is 439 g/mol. The minimum atomic E-state index is -4.46. The van der Waals surface area contributed by atoms with Crippen LogP contribution in [0.25, 0.3) is 0 Å². The van der Waals surface area contributed by atoms with E-state index in [0.29, 0.717) is 0 Å². The number of hydrogen-bond acceptors (Lipinski definition) is 8. The molecule has 2 rings (SSSR count). The lowest BCUT2D eigenvalue weighted by Gasteiger charge is -2.39. The van der Waals surface area contributed by atoms with Gasteiger partial charge in [-0.2, -0.15) is 0 Å². The van der Waals surface area contributed by atoms with Gasteiger partial charge in [0.05, 0.1) is 11.7 Å². The summed E-state index contributed by atoms with van der Waals surface area (Å²) in [4.78, 5) is 28.9. The highest BCUT2D eigenvalue weighted by Gasteiger charge is 2.52. The van der Waals surface area contributed by atoms with Gasteiger partial charge in [-0.25, -0.2) is 4.98 Å². The van der Waals surface area contributed by atoms with Crippen LogP contribution in [-0.4, -0.2) is 59.4 Å². The molecule has 2 heterocycles. The summed E-state index contributed by atoms with van der Waals surface area (Å²) in [5.74, 6) is 2.30. The number of nitrogens with one attached hydrogen (secondary N) is 1. The van der Waals surface area contributed by atoms with Gasteiger partial charge < -0.3 is 29.9 Å². The van der Waals surface area contributed by atoms with Crippen molar-refractivity contribution in [2.24, 2.45) is 0 Å². The second kappa shape index (κ2) is 9.74. The van der Waals surface area contributed by atoms with Crippen LogP contribution >= 0.6 is 7.60 Å². The first kappa shape index (κ1) is 26.7. The quantitative estimate of drug-likeness (QED) is 0.265. The maximum atomic E-state index is 12.8. The van der Waals surface area contributed by atoms with E-state index in [2.05, 4.69) is 15.9 Å². The topological polar surface area (TPSA) is 162 Å². The van der Waals surface area contributed by atoms with Gasteiger partial charge in [0, 0.05) is 6.42 Å². The van der Waals surface area contributed by atoms with E-state index in [1.807, 2.05) is 0 Å². The summed E-state index contributed by atoms with van der Waals surface area (Å²) in [6.07, 6.45) is 1.11. The Bertz CT molecular complexity index is 966. The molecule has 0 spiro atoms. The first-order valence-electron chi connectivity index (χ1n) is 10.6. The maximum Gasteiger partial charge on any atom is 0.359 e. The van der Waals surface area contributed by atoms with Crippen molar-refractivity contribution in [1.29, 1.82) is 0 Å². The van der Waals surface area contributed by atoms with E-state index < -0.39 is 48.5 Å². The molecule has 0 amide bonds. The van der Waals surface area contributed by atoms with Gasteiger partial charge in [0.15, 0.2) is 5.34 Å². The van der Waals surface area contributed by atoms with Crippen molar-refractivity contribution in [2.75, 3.05) is 0 Å². The zero-order chi connectivity index (χ0) is 24.5. The van der Waals surface area contributed by atoms with E-state index in [-0.39, 0.29) is 42.8 Å². The zero-order valence-electron chi connectivity index (χ0n) is 19.0. The third-order valence-electron chi connectivity index (χ3n) is 6.35. The van der Waals surface area contributed by atoms with Crippen LogP contribution in [0.3, 0.4) is 0 Å². The second-order valence-corrected chi connectivity index (χ2v) is 10.6. The van der Waals surface area contributed by atoms with Crippen LogP contribution in [0.15, 0.2) is 4.79 Å². The van der Waals surface area contributed by atoms with Crippen molar-refractivity contribution in [3.8, 4) is 12.3 Å². The lowest BCUT2D eigenvalue weighted by Crippen LogP contribution is -2.41. The fourth-order valence-electron chi connectivity index (χ4n) is 3.65. The standard InChI is InChI=1S/C21H33N2O8P/c1-7-13-15(22-12(5)19(26)23-13)18-17(25)16(24)14(30-18)11-21(9-3,10-4)31-32(28,29)20(6,27)8-2/h1,14,16-18,24-25,27H,8-11H2,2-6H3,(H,23,26)(H,28,29). The van der Waals surface area contributed by atoms with Crippen LogP contribution in [0.2, 0.25) is 0 Å². The average molecular weight is 472 g/mol. The molecule has 6 unspecified atom stereocenters. The summed E-state index contributed by atoms with van der Waals surface area (Å²) in [7, 11) is -4.46. The maximum absolute atomic E-state index is 12.8. The predicted octanol–water partition coefficient (Wildman–Crippen LogP) is 1.49. The number of ether oxygens (including phenoxy) is 1. The smallest absolute Gasteiger partial charge is 0.359 e. The van der Waals surface area contributed by atoms with E-state index in [4.69, 9.17) is 15.7 Å². The molecule has 10 nitrogen and oxygen atoms in total. The number of aromatic amines is 1. The van der Waals surface area contributed by atoms with Crippen LogP contribution in [0.5, 0.6) is 0 Å². The first-order chi connectivity index (χ1) is 14.8. The van der Waals surface area contributed by atoms with Crippen LogP contribution in [0, 0.1) is 19.3 Å². The highest BCUT2D eigenvalue weighted by atomic mass is 31.2. The molecule has 1 aromatic heterocycles. The number of terminal acetylenes is 1. The Morgan fingerprint density at radius 2 is 1.84 bits per heavy atom. The predicted molar refractivity (Wildman–Crippen MR) is 117 cm³/mol. The Morgan fingerprint density at radius 1 is 1.25 bits per heavy atom. The molecule has 1 saturated heterocycles. The van der Waals surface area contributed by atoms with E-state index in [0.717, 1.165) is 0 Å². The van der Waals surface area contributed by atoms with Crippen molar-refractivity contribution in [3.05, 3.63) is 27.4 Å². The van der Waals surface area contributed by atoms with Crippen molar-refractivity contribution in [2.45, 2.75) is 95.7 Å². The number of hydrogen-bond donors (Lipinski definition) is 5. The zero-order valence-corrected chi connectivity index (χ0v) is 19.9. The molecule has 0 aliphatic carbocycles. The van der Waals surface area contributed by atoms with Crippen molar-refractivity contribution >= 4 is 7.60 Å². The molecule has 180 valence electrons. The van der Waals surface area contributed by atoms with Gasteiger partial charge in [-0.05, 0) is 33.1 Å². The number of H-pyrrole nitrogens is 1.